The van der Waals surface area contributed by atoms with Crippen LogP contribution < -0.4 is 9.80 Å². The largest absolute Gasteiger partial charge is 0.375 e. The normalized spacial score (nSPS) is 18.2. The molecule has 2 aliphatic rings. The number of amides is 2. The molecule has 0 radical (unpaired) electrons. The van der Waals surface area contributed by atoms with E-state index in [2.05, 4.69) is 33.6 Å². The number of anilines is 2. The molecular formula is C30H44N6O3. The number of hydrogen-bond acceptors (Lipinski definition) is 7. The average molecular weight is 537 g/mol. The van der Waals surface area contributed by atoms with E-state index in [0.717, 1.165) is 74.0 Å². The number of rotatable bonds is 5. The topological polar surface area (TPSA) is 82.1 Å². The van der Waals surface area contributed by atoms with Crippen LogP contribution in [-0.2, 0) is 20.9 Å². The number of piperidine rings is 1. The maximum Gasteiger partial charge on any atom is 0.252 e. The number of carbonyl (C=O) groups is 2. The molecule has 2 aromatic rings. The highest BCUT2D eigenvalue weighted by atomic mass is 16.5. The number of nitrogens with zero attached hydrogens (tertiary/aromatic N) is 6. The molecule has 212 valence electrons. The minimum absolute atomic E-state index is 0.0353. The Labute approximate surface area is 233 Å². The van der Waals surface area contributed by atoms with Gasteiger partial charge < -0.3 is 19.4 Å². The lowest BCUT2D eigenvalue weighted by Gasteiger charge is -2.36. The van der Waals surface area contributed by atoms with Gasteiger partial charge in [-0.15, -0.1) is 0 Å². The van der Waals surface area contributed by atoms with Crippen molar-refractivity contribution in [2.45, 2.75) is 59.5 Å². The van der Waals surface area contributed by atoms with Crippen molar-refractivity contribution in [2.75, 3.05) is 62.8 Å². The Bertz CT molecular complexity index is 1110. The summed E-state index contributed by atoms with van der Waals surface area (Å²) in [5, 5.41) is 0. The Hall–Kier alpha value is -3.04. The van der Waals surface area contributed by atoms with Crippen molar-refractivity contribution in [3.63, 3.8) is 0 Å². The maximum absolute atomic E-state index is 14.0. The zero-order valence-electron chi connectivity index (χ0n) is 24.2. The lowest BCUT2D eigenvalue weighted by atomic mass is 9.95. The van der Waals surface area contributed by atoms with Crippen molar-refractivity contribution < 1.29 is 14.3 Å². The van der Waals surface area contributed by atoms with Crippen LogP contribution >= 0.6 is 0 Å². The van der Waals surface area contributed by atoms with E-state index < -0.39 is 0 Å². The number of hydrogen-bond donors (Lipinski definition) is 0. The van der Waals surface area contributed by atoms with Crippen molar-refractivity contribution in [1.29, 1.82) is 0 Å². The van der Waals surface area contributed by atoms with Crippen LogP contribution in [0.4, 0.5) is 11.6 Å². The molecule has 4 rings (SSSR count). The fourth-order valence-electron chi connectivity index (χ4n) is 5.70. The highest BCUT2D eigenvalue weighted by Crippen LogP contribution is 2.27. The van der Waals surface area contributed by atoms with Crippen LogP contribution in [0.25, 0.3) is 0 Å². The number of aromatic nitrogens is 2. The fraction of sp³-hybridized carbons (Fsp3) is 0.600. The number of para-hydroxylation sites is 1. The van der Waals surface area contributed by atoms with Crippen molar-refractivity contribution in [3.8, 4) is 0 Å². The number of ether oxygens (including phenoxy) is 1. The minimum Gasteiger partial charge on any atom is -0.375 e. The zero-order valence-corrected chi connectivity index (χ0v) is 24.2. The highest BCUT2D eigenvalue weighted by Gasteiger charge is 2.31. The smallest absolute Gasteiger partial charge is 0.252 e. The maximum atomic E-state index is 14.0. The molecule has 2 amide bonds. The van der Waals surface area contributed by atoms with Crippen LogP contribution in [0.2, 0.25) is 0 Å². The first-order chi connectivity index (χ1) is 18.8. The van der Waals surface area contributed by atoms with Crippen molar-refractivity contribution >= 4 is 23.5 Å². The minimum atomic E-state index is -0.0563. The molecule has 1 fully saturated rings. The molecule has 1 aromatic heterocycles. The lowest BCUT2D eigenvalue weighted by molar-refractivity contribution is -0.137. The summed E-state index contributed by atoms with van der Waals surface area (Å²) < 4.78 is 5.20. The average Bonchev–Trinajstić information content (AvgIpc) is 2.95. The van der Waals surface area contributed by atoms with E-state index in [9.17, 15) is 9.59 Å². The van der Waals surface area contributed by atoms with Crippen molar-refractivity contribution in [3.05, 3.63) is 47.3 Å². The SMILES string of the molecule is COCC(=O)N1CCCN(C(C)C)CCN(C(=O)C2CCN(c3nc(C)cc(C)n3)CC2)Cc2ccccc21. The molecule has 3 heterocycles. The third-order valence-electron chi connectivity index (χ3n) is 7.84. The van der Waals surface area contributed by atoms with E-state index >= 15 is 0 Å². The summed E-state index contributed by atoms with van der Waals surface area (Å²) in [6.45, 7) is 13.4. The number of methoxy groups -OCH3 is 1. The molecule has 1 saturated heterocycles. The fourth-order valence-corrected chi connectivity index (χ4v) is 5.70. The van der Waals surface area contributed by atoms with Crippen LogP contribution in [-0.4, -0.2) is 90.6 Å². The molecule has 1 aromatic carbocycles. The second-order valence-electron chi connectivity index (χ2n) is 11.1. The molecule has 2 aliphatic heterocycles. The predicted octanol–water partition coefficient (Wildman–Crippen LogP) is 3.43. The molecule has 39 heavy (non-hydrogen) atoms. The molecule has 0 spiro atoms. The number of fused-ring (bicyclic) bond motifs is 1. The van der Waals surface area contributed by atoms with Crippen LogP contribution in [0.15, 0.2) is 30.3 Å². The summed E-state index contributed by atoms with van der Waals surface area (Å²) in [5.41, 5.74) is 3.79. The van der Waals surface area contributed by atoms with E-state index in [1.165, 1.54) is 0 Å². The van der Waals surface area contributed by atoms with Gasteiger partial charge >= 0.3 is 0 Å². The van der Waals surface area contributed by atoms with Gasteiger partial charge in [-0.25, -0.2) is 9.97 Å². The standard InChI is InChI=1S/C30H44N6O3/c1-22(2)33-13-8-14-36(28(37)21-39-5)27-10-7-6-9-26(27)20-35(18-17-33)29(38)25-11-15-34(16-12-25)30-31-23(3)19-24(4)32-30/h6-7,9-10,19,22,25H,8,11-18,20-21H2,1-5H3. The van der Waals surface area contributed by atoms with Gasteiger partial charge in [0.1, 0.15) is 6.61 Å². The van der Waals surface area contributed by atoms with Crippen LogP contribution in [0.3, 0.4) is 0 Å². The Morgan fingerprint density at radius 3 is 2.33 bits per heavy atom. The molecule has 0 bridgehead atoms. The van der Waals surface area contributed by atoms with Gasteiger partial charge in [0.05, 0.1) is 0 Å². The number of aryl methyl sites for hydroxylation is 2. The Morgan fingerprint density at radius 2 is 1.67 bits per heavy atom. The molecule has 0 unspecified atom stereocenters. The first kappa shape index (κ1) is 29.0. The number of carbonyl (C=O) groups excluding carboxylic acids is 2. The van der Waals surface area contributed by atoms with E-state index in [4.69, 9.17) is 4.74 Å². The van der Waals surface area contributed by atoms with Gasteiger partial charge in [0.15, 0.2) is 0 Å². The predicted molar refractivity (Wildman–Crippen MR) is 154 cm³/mol. The van der Waals surface area contributed by atoms with E-state index in [-0.39, 0.29) is 24.3 Å². The zero-order chi connectivity index (χ0) is 27.9. The third kappa shape index (κ3) is 7.33. The first-order valence-corrected chi connectivity index (χ1v) is 14.2. The van der Waals surface area contributed by atoms with Crippen molar-refractivity contribution in [1.82, 2.24) is 19.8 Å². The molecule has 9 nitrogen and oxygen atoms in total. The first-order valence-electron chi connectivity index (χ1n) is 14.2. The van der Waals surface area contributed by atoms with Gasteiger partial charge in [0.2, 0.25) is 11.9 Å². The second kappa shape index (κ2) is 13.3. The van der Waals surface area contributed by atoms with Crippen molar-refractivity contribution in [2.24, 2.45) is 5.92 Å². The summed E-state index contributed by atoms with van der Waals surface area (Å²) in [4.78, 5) is 44.8. The summed E-state index contributed by atoms with van der Waals surface area (Å²) >= 11 is 0. The lowest BCUT2D eigenvalue weighted by Crippen LogP contribution is -2.46. The number of benzene rings is 1. The van der Waals surface area contributed by atoms with Gasteiger partial charge in [-0.3, -0.25) is 14.5 Å². The monoisotopic (exact) mass is 536 g/mol. The second-order valence-corrected chi connectivity index (χ2v) is 11.1. The Kier molecular flexibility index (Phi) is 9.91. The van der Waals surface area contributed by atoms with Gasteiger partial charge in [0, 0.05) is 82.0 Å². The van der Waals surface area contributed by atoms with Crippen LogP contribution in [0.1, 0.15) is 50.1 Å². The van der Waals surface area contributed by atoms with Gasteiger partial charge in [0.25, 0.3) is 5.91 Å². The van der Waals surface area contributed by atoms with E-state index in [1.54, 1.807) is 7.11 Å². The summed E-state index contributed by atoms with van der Waals surface area (Å²) in [7, 11) is 1.55. The van der Waals surface area contributed by atoms with Crippen LogP contribution in [0.5, 0.6) is 0 Å². The van der Waals surface area contributed by atoms with Gasteiger partial charge in [-0.1, -0.05) is 18.2 Å². The third-order valence-corrected chi connectivity index (χ3v) is 7.84. The van der Waals surface area contributed by atoms with Crippen LogP contribution in [0, 0.1) is 19.8 Å². The van der Waals surface area contributed by atoms with E-state index in [0.29, 0.717) is 25.7 Å². The van der Waals surface area contributed by atoms with Gasteiger partial charge in [-0.05, 0) is 64.7 Å². The quantitative estimate of drug-likeness (QED) is 0.579. The molecular weight excluding hydrogens is 492 g/mol. The molecule has 0 saturated carbocycles. The summed E-state index contributed by atoms with van der Waals surface area (Å²) in [6, 6.07) is 10.3. The molecule has 0 aliphatic carbocycles. The summed E-state index contributed by atoms with van der Waals surface area (Å²) in [6.07, 6.45) is 2.41. The Morgan fingerprint density at radius 1 is 0.974 bits per heavy atom. The van der Waals surface area contributed by atoms with Gasteiger partial charge in [-0.2, -0.15) is 0 Å². The Balaban J connectivity index is 1.55. The summed E-state index contributed by atoms with van der Waals surface area (Å²) in [5.74, 6) is 0.863. The van der Waals surface area contributed by atoms with E-state index in [1.807, 2.05) is 54.0 Å². The molecule has 0 N–H and O–H groups in total. The molecule has 9 heteroatoms. The molecule has 0 atom stereocenters. The highest BCUT2D eigenvalue weighted by molar-refractivity contribution is 5.95.